The van der Waals surface area contributed by atoms with Gasteiger partial charge in [0.25, 0.3) is 0 Å². The van der Waals surface area contributed by atoms with Crippen LogP contribution in [0.2, 0.25) is 0 Å². The zero-order valence-corrected chi connectivity index (χ0v) is 8.28. The average Bonchev–Trinajstić information content (AvgIpc) is 2.00. The van der Waals surface area contributed by atoms with Crippen LogP contribution in [0.3, 0.4) is 0 Å². The fraction of sp³-hybridized carbons (Fsp3) is 0.636. The summed E-state index contributed by atoms with van der Waals surface area (Å²) in [6.45, 7) is 8.76. The molecule has 0 aliphatic heterocycles. The van der Waals surface area contributed by atoms with Crippen LogP contribution in [-0.2, 0) is 0 Å². The summed E-state index contributed by atoms with van der Waals surface area (Å²) >= 11 is 0. The van der Waals surface area contributed by atoms with E-state index in [2.05, 4.69) is 39.8 Å². The van der Waals surface area contributed by atoms with Gasteiger partial charge in [0.05, 0.1) is 0 Å². The number of allylic oxidation sites excluding steroid dienone is 4. The van der Waals surface area contributed by atoms with Crippen molar-refractivity contribution >= 4 is 0 Å². The Hall–Kier alpha value is -0.520. The third-order valence-corrected chi connectivity index (χ3v) is 1.92. The first kappa shape index (κ1) is 10.5. The molecule has 0 unspecified atom stereocenters. The molecule has 0 aliphatic carbocycles. The lowest BCUT2D eigenvalue weighted by molar-refractivity contribution is 0.883. The van der Waals surface area contributed by atoms with Crippen LogP contribution in [0.5, 0.6) is 0 Å². The topological polar surface area (TPSA) is 0 Å². The highest BCUT2D eigenvalue weighted by Gasteiger charge is 1.94. The van der Waals surface area contributed by atoms with Gasteiger partial charge in [-0.3, -0.25) is 0 Å². The van der Waals surface area contributed by atoms with Crippen LogP contribution in [-0.4, -0.2) is 0 Å². The van der Waals surface area contributed by atoms with E-state index in [0.717, 1.165) is 6.42 Å². The van der Waals surface area contributed by atoms with Crippen LogP contribution in [0.25, 0.3) is 0 Å². The minimum atomic E-state index is 1.16. The van der Waals surface area contributed by atoms with Gasteiger partial charge < -0.3 is 0 Å². The fourth-order valence-electron chi connectivity index (χ4n) is 1.30. The number of hydrogen-bond donors (Lipinski definition) is 0. The van der Waals surface area contributed by atoms with E-state index in [1.165, 1.54) is 18.4 Å². The highest BCUT2D eigenvalue weighted by atomic mass is 14.0. The average molecular weight is 152 g/mol. The monoisotopic (exact) mass is 152 g/mol. The molecule has 0 fully saturated rings. The first-order chi connectivity index (χ1) is 5.26. The summed E-state index contributed by atoms with van der Waals surface area (Å²) in [6, 6.07) is 0. The normalized spacial score (nSPS) is 13.8. The van der Waals surface area contributed by atoms with Crippen molar-refractivity contribution in [2.45, 2.75) is 47.0 Å². The van der Waals surface area contributed by atoms with Crippen LogP contribution in [0.1, 0.15) is 47.0 Å². The summed E-state index contributed by atoms with van der Waals surface area (Å²) in [6.07, 6.45) is 8.01. The van der Waals surface area contributed by atoms with Gasteiger partial charge in [-0.25, -0.2) is 0 Å². The maximum Gasteiger partial charge on any atom is -0.0308 e. The van der Waals surface area contributed by atoms with Crippen molar-refractivity contribution in [2.75, 3.05) is 0 Å². The summed E-state index contributed by atoms with van der Waals surface area (Å²) in [5.74, 6) is 0. The Morgan fingerprint density at radius 3 is 2.27 bits per heavy atom. The van der Waals surface area contributed by atoms with Gasteiger partial charge in [0, 0.05) is 0 Å². The van der Waals surface area contributed by atoms with Gasteiger partial charge in [0.1, 0.15) is 0 Å². The van der Waals surface area contributed by atoms with E-state index in [1.54, 1.807) is 5.57 Å². The van der Waals surface area contributed by atoms with Crippen LogP contribution in [0, 0.1) is 0 Å². The smallest absolute Gasteiger partial charge is 0.0308 e. The molecule has 0 radical (unpaired) electrons. The fourth-order valence-corrected chi connectivity index (χ4v) is 1.30. The molecule has 0 aromatic carbocycles. The molecular formula is C11H20. The molecule has 0 saturated carbocycles. The Morgan fingerprint density at radius 2 is 1.91 bits per heavy atom. The second kappa shape index (κ2) is 6.21. The van der Waals surface area contributed by atoms with E-state index in [4.69, 9.17) is 0 Å². The van der Waals surface area contributed by atoms with Crippen molar-refractivity contribution in [3.63, 3.8) is 0 Å². The SMILES string of the molecule is C/C=C\C(CC)=C(/C)CCC. The van der Waals surface area contributed by atoms with Crippen molar-refractivity contribution in [1.29, 1.82) is 0 Å². The molecule has 11 heavy (non-hydrogen) atoms. The molecule has 0 atom stereocenters. The maximum atomic E-state index is 2.24. The van der Waals surface area contributed by atoms with Crippen LogP contribution in [0.15, 0.2) is 23.3 Å². The molecule has 0 saturated heterocycles. The first-order valence-electron chi connectivity index (χ1n) is 4.57. The van der Waals surface area contributed by atoms with Crippen molar-refractivity contribution in [2.24, 2.45) is 0 Å². The van der Waals surface area contributed by atoms with Gasteiger partial charge in [0.2, 0.25) is 0 Å². The largest absolute Gasteiger partial charge is 0.0874 e. The standard InChI is InChI=1S/C11H20/c1-5-8-10(4)11(7-3)9-6-2/h6,9H,5,7-8H2,1-4H3/b9-6-,11-10+. The minimum Gasteiger partial charge on any atom is -0.0874 e. The molecule has 0 aliphatic rings. The number of rotatable bonds is 4. The van der Waals surface area contributed by atoms with Gasteiger partial charge >= 0.3 is 0 Å². The van der Waals surface area contributed by atoms with Gasteiger partial charge in [-0.05, 0) is 32.3 Å². The Labute approximate surface area is 71.0 Å². The van der Waals surface area contributed by atoms with Crippen LogP contribution in [0.4, 0.5) is 0 Å². The third kappa shape index (κ3) is 4.02. The summed E-state index contributed by atoms with van der Waals surface area (Å²) in [5.41, 5.74) is 3.06. The lowest BCUT2D eigenvalue weighted by atomic mass is 10.0. The lowest BCUT2D eigenvalue weighted by Crippen LogP contribution is -1.83. The lowest BCUT2D eigenvalue weighted by Gasteiger charge is -2.03. The molecular weight excluding hydrogens is 132 g/mol. The van der Waals surface area contributed by atoms with E-state index in [1.807, 2.05) is 0 Å². The van der Waals surface area contributed by atoms with E-state index < -0.39 is 0 Å². The molecule has 0 aromatic rings. The second-order valence-electron chi connectivity index (χ2n) is 2.91. The van der Waals surface area contributed by atoms with Gasteiger partial charge in [0.15, 0.2) is 0 Å². The highest BCUT2D eigenvalue weighted by molar-refractivity contribution is 5.23. The van der Waals surface area contributed by atoms with E-state index in [0.29, 0.717) is 0 Å². The summed E-state index contributed by atoms with van der Waals surface area (Å²) < 4.78 is 0. The van der Waals surface area contributed by atoms with Crippen LogP contribution >= 0.6 is 0 Å². The van der Waals surface area contributed by atoms with Crippen molar-refractivity contribution in [3.05, 3.63) is 23.3 Å². The molecule has 0 heteroatoms. The molecule has 0 nitrogen and oxygen atoms in total. The Morgan fingerprint density at radius 1 is 1.27 bits per heavy atom. The predicted molar refractivity (Wildman–Crippen MR) is 52.7 cm³/mol. The van der Waals surface area contributed by atoms with Gasteiger partial charge in [-0.1, -0.05) is 38.0 Å². The molecule has 0 rings (SSSR count). The molecule has 0 aromatic heterocycles. The van der Waals surface area contributed by atoms with Crippen molar-refractivity contribution < 1.29 is 0 Å². The quantitative estimate of drug-likeness (QED) is 0.532. The van der Waals surface area contributed by atoms with Crippen molar-refractivity contribution in [1.82, 2.24) is 0 Å². The molecule has 64 valence electrons. The van der Waals surface area contributed by atoms with Gasteiger partial charge in [-0.2, -0.15) is 0 Å². The summed E-state index contributed by atoms with van der Waals surface area (Å²) in [7, 11) is 0. The summed E-state index contributed by atoms with van der Waals surface area (Å²) in [5, 5.41) is 0. The molecule has 0 N–H and O–H groups in total. The van der Waals surface area contributed by atoms with Crippen LogP contribution < -0.4 is 0 Å². The zero-order chi connectivity index (χ0) is 8.69. The molecule has 0 bridgehead atoms. The predicted octanol–water partition coefficient (Wildman–Crippen LogP) is 4.09. The summed E-state index contributed by atoms with van der Waals surface area (Å²) in [4.78, 5) is 0. The van der Waals surface area contributed by atoms with E-state index in [-0.39, 0.29) is 0 Å². The first-order valence-corrected chi connectivity index (χ1v) is 4.57. The third-order valence-electron chi connectivity index (χ3n) is 1.92. The molecule has 0 heterocycles. The minimum absolute atomic E-state index is 1.16. The molecule has 0 amide bonds. The Kier molecular flexibility index (Phi) is 5.91. The molecule has 0 spiro atoms. The van der Waals surface area contributed by atoms with E-state index >= 15 is 0 Å². The van der Waals surface area contributed by atoms with Crippen molar-refractivity contribution in [3.8, 4) is 0 Å². The number of hydrogen-bond acceptors (Lipinski definition) is 0. The zero-order valence-electron chi connectivity index (χ0n) is 8.28. The Balaban J connectivity index is 4.26. The highest BCUT2D eigenvalue weighted by Crippen LogP contribution is 2.14. The van der Waals surface area contributed by atoms with E-state index in [9.17, 15) is 0 Å². The maximum absolute atomic E-state index is 2.24. The second-order valence-corrected chi connectivity index (χ2v) is 2.91. The van der Waals surface area contributed by atoms with Gasteiger partial charge in [-0.15, -0.1) is 0 Å². The Bertz CT molecular complexity index is 149.